The van der Waals surface area contributed by atoms with Crippen molar-refractivity contribution < 1.29 is 23.9 Å². The van der Waals surface area contributed by atoms with E-state index in [2.05, 4.69) is 0 Å². The molecular weight excluding hydrogens is 262 g/mol. The number of imide groups is 1. The molecule has 1 unspecified atom stereocenters. The number of hydrogen-bond donors (Lipinski definition) is 0. The Morgan fingerprint density at radius 2 is 2.05 bits per heavy atom. The van der Waals surface area contributed by atoms with Gasteiger partial charge in [0.2, 0.25) is 5.91 Å². The number of carbonyl (C=O) groups is 3. The second kappa shape index (κ2) is 6.72. The number of ether oxygens (including phenoxy) is 2. The van der Waals surface area contributed by atoms with Crippen LogP contribution in [-0.2, 0) is 19.1 Å². The summed E-state index contributed by atoms with van der Waals surface area (Å²) in [5.41, 5.74) is -0.580. The molecular formula is C14H23NO5. The molecule has 1 aliphatic heterocycles. The van der Waals surface area contributed by atoms with Crippen LogP contribution in [0.1, 0.15) is 47.0 Å². The number of amides is 2. The molecule has 0 aliphatic carbocycles. The molecule has 0 aromatic heterocycles. The van der Waals surface area contributed by atoms with Crippen molar-refractivity contribution >= 4 is 18.0 Å². The molecule has 114 valence electrons. The van der Waals surface area contributed by atoms with E-state index >= 15 is 0 Å². The first-order valence-electron chi connectivity index (χ1n) is 6.94. The second-order valence-corrected chi connectivity index (χ2v) is 5.88. The van der Waals surface area contributed by atoms with Gasteiger partial charge in [-0.2, -0.15) is 0 Å². The van der Waals surface area contributed by atoms with Gasteiger partial charge in [0.15, 0.2) is 0 Å². The van der Waals surface area contributed by atoms with Crippen molar-refractivity contribution in [2.75, 3.05) is 13.2 Å². The Kier molecular flexibility index (Phi) is 5.53. The lowest BCUT2D eigenvalue weighted by Crippen LogP contribution is -2.38. The molecule has 1 atom stereocenters. The van der Waals surface area contributed by atoms with Crippen LogP contribution in [0.15, 0.2) is 0 Å². The Bertz CT molecular complexity index is 386. The van der Waals surface area contributed by atoms with E-state index in [9.17, 15) is 14.4 Å². The van der Waals surface area contributed by atoms with E-state index in [0.717, 1.165) is 11.3 Å². The number of rotatable bonds is 5. The summed E-state index contributed by atoms with van der Waals surface area (Å²) in [6, 6.07) is 0. The molecule has 0 N–H and O–H groups in total. The van der Waals surface area contributed by atoms with E-state index in [-0.39, 0.29) is 25.5 Å². The lowest BCUT2D eigenvalue weighted by molar-refractivity contribution is -0.158. The van der Waals surface area contributed by atoms with Crippen molar-refractivity contribution in [3.63, 3.8) is 0 Å². The van der Waals surface area contributed by atoms with Gasteiger partial charge in [0.1, 0.15) is 12.2 Å². The Balaban J connectivity index is 2.66. The number of carbonyl (C=O) groups excluding carboxylic acids is 3. The maximum Gasteiger partial charge on any atom is 0.416 e. The Hall–Kier alpha value is -1.59. The van der Waals surface area contributed by atoms with Gasteiger partial charge >= 0.3 is 12.1 Å². The van der Waals surface area contributed by atoms with Gasteiger partial charge < -0.3 is 9.47 Å². The number of nitrogens with zero attached hydrogens (tertiary/aromatic N) is 1. The topological polar surface area (TPSA) is 72.9 Å². The van der Waals surface area contributed by atoms with Crippen LogP contribution in [0.5, 0.6) is 0 Å². The predicted molar refractivity (Wildman–Crippen MR) is 71.9 cm³/mol. The van der Waals surface area contributed by atoms with Crippen LogP contribution in [0.25, 0.3) is 0 Å². The molecule has 1 heterocycles. The third-order valence-corrected chi connectivity index (χ3v) is 2.85. The first-order valence-corrected chi connectivity index (χ1v) is 6.94. The molecule has 20 heavy (non-hydrogen) atoms. The first kappa shape index (κ1) is 16.5. The van der Waals surface area contributed by atoms with E-state index in [4.69, 9.17) is 9.47 Å². The summed E-state index contributed by atoms with van der Waals surface area (Å²) in [5.74, 6) is -1.29. The molecule has 1 saturated heterocycles. The minimum absolute atomic E-state index is 0.00623. The molecule has 0 spiro atoms. The minimum Gasteiger partial charge on any atom is -0.460 e. The van der Waals surface area contributed by atoms with E-state index in [1.54, 1.807) is 20.8 Å². The van der Waals surface area contributed by atoms with Crippen LogP contribution in [0.2, 0.25) is 0 Å². The van der Waals surface area contributed by atoms with Crippen LogP contribution in [0, 0.1) is 5.92 Å². The van der Waals surface area contributed by atoms with E-state index in [1.165, 1.54) is 0 Å². The van der Waals surface area contributed by atoms with Crippen LogP contribution in [-0.4, -0.2) is 41.6 Å². The molecule has 0 aromatic carbocycles. The fourth-order valence-electron chi connectivity index (χ4n) is 2.06. The Morgan fingerprint density at radius 1 is 1.40 bits per heavy atom. The van der Waals surface area contributed by atoms with Crippen molar-refractivity contribution in [1.82, 2.24) is 4.90 Å². The van der Waals surface area contributed by atoms with Crippen LogP contribution < -0.4 is 0 Å². The summed E-state index contributed by atoms with van der Waals surface area (Å²) in [6.45, 7) is 7.73. The van der Waals surface area contributed by atoms with Crippen molar-refractivity contribution in [3.05, 3.63) is 0 Å². The molecule has 0 saturated carbocycles. The SMILES string of the molecule is CCCC(CC(=O)OC(C)(C)C)C(=O)N1CCOC1=O. The smallest absolute Gasteiger partial charge is 0.416 e. The van der Waals surface area contributed by atoms with Gasteiger partial charge in [-0.3, -0.25) is 9.59 Å². The normalized spacial score (nSPS) is 16.8. The summed E-state index contributed by atoms with van der Waals surface area (Å²) < 4.78 is 9.98. The van der Waals surface area contributed by atoms with Crippen molar-refractivity contribution in [2.24, 2.45) is 5.92 Å². The summed E-state index contributed by atoms with van der Waals surface area (Å²) >= 11 is 0. The zero-order chi connectivity index (χ0) is 15.3. The van der Waals surface area contributed by atoms with Gasteiger partial charge in [0, 0.05) is 5.92 Å². The molecule has 1 fully saturated rings. The molecule has 0 aromatic rings. The lowest BCUT2D eigenvalue weighted by atomic mass is 9.98. The van der Waals surface area contributed by atoms with Crippen LogP contribution in [0.3, 0.4) is 0 Å². The van der Waals surface area contributed by atoms with Crippen LogP contribution in [0.4, 0.5) is 4.79 Å². The summed E-state index contributed by atoms with van der Waals surface area (Å²) in [7, 11) is 0. The third kappa shape index (κ3) is 4.83. The fraction of sp³-hybridized carbons (Fsp3) is 0.786. The molecule has 1 aliphatic rings. The van der Waals surface area contributed by atoms with Gasteiger partial charge in [0.05, 0.1) is 13.0 Å². The summed E-state index contributed by atoms with van der Waals surface area (Å²) in [6.07, 6.45) is 0.665. The highest BCUT2D eigenvalue weighted by Gasteiger charge is 2.34. The molecule has 6 heteroatoms. The second-order valence-electron chi connectivity index (χ2n) is 5.88. The highest BCUT2D eigenvalue weighted by molar-refractivity contribution is 5.95. The average molecular weight is 285 g/mol. The molecule has 6 nitrogen and oxygen atoms in total. The summed E-state index contributed by atoms with van der Waals surface area (Å²) in [4.78, 5) is 36.6. The maximum absolute atomic E-state index is 12.3. The molecule has 1 rings (SSSR count). The summed E-state index contributed by atoms with van der Waals surface area (Å²) in [5, 5.41) is 0. The highest BCUT2D eigenvalue weighted by Crippen LogP contribution is 2.20. The van der Waals surface area contributed by atoms with Crippen LogP contribution >= 0.6 is 0 Å². The average Bonchev–Trinajstić information content (AvgIpc) is 2.71. The number of cyclic esters (lactones) is 1. The first-order chi connectivity index (χ1) is 9.24. The van der Waals surface area contributed by atoms with Gasteiger partial charge in [-0.1, -0.05) is 13.3 Å². The van der Waals surface area contributed by atoms with E-state index < -0.39 is 23.6 Å². The Morgan fingerprint density at radius 3 is 2.50 bits per heavy atom. The molecule has 0 bridgehead atoms. The largest absolute Gasteiger partial charge is 0.460 e. The zero-order valence-corrected chi connectivity index (χ0v) is 12.6. The van der Waals surface area contributed by atoms with Gasteiger partial charge in [-0.05, 0) is 27.2 Å². The van der Waals surface area contributed by atoms with Crippen molar-refractivity contribution in [1.29, 1.82) is 0 Å². The minimum atomic E-state index is -0.625. The fourth-order valence-corrected chi connectivity index (χ4v) is 2.06. The monoisotopic (exact) mass is 285 g/mol. The lowest BCUT2D eigenvalue weighted by Gasteiger charge is -2.23. The number of hydrogen-bond acceptors (Lipinski definition) is 5. The predicted octanol–water partition coefficient (Wildman–Crippen LogP) is 2.11. The van der Waals surface area contributed by atoms with Gasteiger partial charge in [-0.25, -0.2) is 9.69 Å². The quantitative estimate of drug-likeness (QED) is 0.723. The zero-order valence-electron chi connectivity index (χ0n) is 12.6. The van der Waals surface area contributed by atoms with Crippen molar-refractivity contribution in [3.8, 4) is 0 Å². The third-order valence-electron chi connectivity index (χ3n) is 2.85. The molecule has 2 amide bonds. The van der Waals surface area contributed by atoms with E-state index in [1.807, 2.05) is 6.92 Å². The van der Waals surface area contributed by atoms with Gasteiger partial charge in [0.25, 0.3) is 0 Å². The molecule has 0 radical (unpaired) electrons. The highest BCUT2D eigenvalue weighted by atomic mass is 16.6. The number of esters is 1. The standard InChI is InChI=1S/C14H23NO5/c1-5-6-10(9-11(16)20-14(2,3)4)12(17)15-7-8-19-13(15)18/h10H,5-9H2,1-4H3. The Labute approximate surface area is 119 Å². The van der Waals surface area contributed by atoms with Gasteiger partial charge in [-0.15, -0.1) is 0 Å². The van der Waals surface area contributed by atoms with Crippen molar-refractivity contribution in [2.45, 2.75) is 52.6 Å². The van der Waals surface area contributed by atoms with E-state index in [0.29, 0.717) is 6.42 Å². The maximum atomic E-state index is 12.3.